The van der Waals surface area contributed by atoms with Crippen molar-refractivity contribution in [1.29, 1.82) is 0 Å². The van der Waals surface area contributed by atoms with E-state index >= 15 is 0 Å². The molecule has 0 aromatic carbocycles. The standard InChI is InChI=1S/C21H20F3N7/c1-12-7-13(2)31(28-12)19-9-16(26-11-27-19)8-17-14(3)20(29-30(17)4)15-5-6-18(25-10-15)21(22,23)24/h5-7,9-11H,8H2,1-4H3. The molecule has 4 rings (SSSR count). The van der Waals surface area contributed by atoms with Crippen LogP contribution >= 0.6 is 0 Å². The molecule has 0 aliphatic rings. The Morgan fingerprint density at radius 1 is 0.968 bits per heavy atom. The van der Waals surface area contributed by atoms with Crippen LogP contribution in [0.4, 0.5) is 13.2 Å². The molecule has 160 valence electrons. The number of hydrogen-bond acceptors (Lipinski definition) is 5. The molecule has 0 radical (unpaired) electrons. The Morgan fingerprint density at radius 3 is 2.35 bits per heavy atom. The third-order valence-corrected chi connectivity index (χ3v) is 5.04. The van der Waals surface area contributed by atoms with Crippen molar-refractivity contribution in [1.82, 2.24) is 34.5 Å². The van der Waals surface area contributed by atoms with Crippen LogP contribution in [-0.4, -0.2) is 34.5 Å². The second kappa shape index (κ2) is 7.60. The zero-order valence-electron chi connectivity index (χ0n) is 17.4. The summed E-state index contributed by atoms with van der Waals surface area (Å²) in [4.78, 5) is 12.2. The number of rotatable bonds is 4. The van der Waals surface area contributed by atoms with Gasteiger partial charge in [0.25, 0.3) is 0 Å². The van der Waals surface area contributed by atoms with Gasteiger partial charge in [-0.2, -0.15) is 23.4 Å². The molecule has 0 fully saturated rings. The van der Waals surface area contributed by atoms with E-state index in [9.17, 15) is 13.2 Å². The molecule has 0 spiro atoms. The lowest BCUT2D eigenvalue weighted by molar-refractivity contribution is -0.141. The quantitative estimate of drug-likeness (QED) is 0.492. The van der Waals surface area contributed by atoms with Gasteiger partial charge in [0.05, 0.1) is 17.1 Å². The van der Waals surface area contributed by atoms with Gasteiger partial charge in [-0.05, 0) is 44.5 Å². The van der Waals surface area contributed by atoms with Crippen molar-refractivity contribution >= 4 is 0 Å². The fourth-order valence-corrected chi connectivity index (χ4v) is 3.52. The lowest BCUT2D eigenvalue weighted by Gasteiger charge is -2.07. The Balaban J connectivity index is 1.64. The maximum atomic E-state index is 12.8. The van der Waals surface area contributed by atoms with E-state index in [0.29, 0.717) is 23.5 Å². The van der Waals surface area contributed by atoms with Crippen molar-refractivity contribution in [3.63, 3.8) is 0 Å². The molecule has 10 heteroatoms. The van der Waals surface area contributed by atoms with Crippen LogP contribution in [0.15, 0.2) is 36.8 Å². The number of pyridine rings is 1. The van der Waals surface area contributed by atoms with E-state index < -0.39 is 11.9 Å². The molecule has 0 saturated heterocycles. The van der Waals surface area contributed by atoms with E-state index in [2.05, 4.69) is 25.1 Å². The molecule has 0 amide bonds. The van der Waals surface area contributed by atoms with Crippen molar-refractivity contribution < 1.29 is 13.2 Å². The van der Waals surface area contributed by atoms with E-state index in [0.717, 1.165) is 34.4 Å². The third kappa shape index (κ3) is 4.05. The zero-order chi connectivity index (χ0) is 22.3. The molecule has 4 aromatic heterocycles. The second-order valence-electron chi connectivity index (χ2n) is 7.36. The third-order valence-electron chi connectivity index (χ3n) is 5.04. The van der Waals surface area contributed by atoms with Crippen LogP contribution in [0.2, 0.25) is 0 Å². The zero-order valence-corrected chi connectivity index (χ0v) is 17.4. The van der Waals surface area contributed by atoms with Crippen molar-refractivity contribution in [3.8, 4) is 17.1 Å². The minimum Gasteiger partial charge on any atom is -0.271 e. The highest BCUT2D eigenvalue weighted by Gasteiger charge is 2.32. The van der Waals surface area contributed by atoms with Gasteiger partial charge >= 0.3 is 6.18 Å². The number of halogens is 3. The largest absolute Gasteiger partial charge is 0.433 e. The molecule has 0 saturated carbocycles. The average molecular weight is 427 g/mol. The van der Waals surface area contributed by atoms with Gasteiger partial charge in [-0.25, -0.2) is 14.6 Å². The Labute approximate surface area is 176 Å². The van der Waals surface area contributed by atoms with Crippen LogP contribution in [0.5, 0.6) is 0 Å². The number of aryl methyl sites for hydroxylation is 3. The van der Waals surface area contributed by atoms with Crippen molar-refractivity contribution in [2.75, 3.05) is 0 Å². The minimum absolute atomic E-state index is 0.484. The normalized spacial score (nSPS) is 11.8. The van der Waals surface area contributed by atoms with Crippen LogP contribution in [-0.2, 0) is 19.6 Å². The smallest absolute Gasteiger partial charge is 0.271 e. The molecular formula is C21H20F3N7. The number of alkyl halides is 3. The Bertz CT molecular complexity index is 1240. The second-order valence-corrected chi connectivity index (χ2v) is 7.36. The molecule has 4 aromatic rings. The predicted octanol–water partition coefficient (Wildman–Crippen LogP) is 3.99. The topological polar surface area (TPSA) is 74.3 Å². The molecule has 0 bridgehead atoms. The molecule has 7 nitrogen and oxygen atoms in total. The summed E-state index contributed by atoms with van der Waals surface area (Å²) in [6.45, 7) is 5.76. The first-order valence-electron chi connectivity index (χ1n) is 9.54. The van der Waals surface area contributed by atoms with Crippen molar-refractivity contribution in [2.45, 2.75) is 33.4 Å². The summed E-state index contributed by atoms with van der Waals surface area (Å²) < 4.78 is 41.9. The molecule has 0 atom stereocenters. The number of hydrogen-bond donors (Lipinski definition) is 0. The van der Waals surface area contributed by atoms with Crippen LogP contribution in [0.1, 0.15) is 34.0 Å². The van der Waals surface area contributed by atoms with Gasteiger partial charge in [0, 0.05) is 42.7 Å². The maximum absolute atomic E-state index is 12.8. The molecule has 0 aliphatic heterocycles. The summed E-state index contributed by atoms with van der Waals surface area (Å²) in [7, 11) is 1.80. The van der Waals surface area contributed by atoms with E-state index in [1.807, 2.05) is 32.9 Å². The monoisotopic (exact) mass is 427 g/mol. The van der Waals surface area contributed by atoms with Gasteiger partial charge in [-0.3, -0.25) is 9.67 Å². The fraction of sp³-hybridized carbons (Fsp3) is 0.286. The van der Waals surface area contributed by atoms with Gasteiger partial charge in [-0.15, -0.1) is 0 Å². The highest BCUT2D eigenvalue weighted by Crippen LogP contribution is 2.30. The van der Waals surface area contributed by atoms with Gasteiger partial charge in [-0.1, -0.05) is 0 Å². The lowest BCUT2D eigenvalue weighted by Crippen LogP contribution is -2.07. The highest BCUT2D eigenvalue weighted by molar-refractivity contribution is 5.63. The molecule has 31 heavy (non-hydrogen) atoms. The van der Waals surface area contributed by atoms with Crippen molar-refractivity contribution in [2.24, 2.45) is 7.05 Å². The first kappa shape index (κ1) is 20.7. The molecule has 4 heterocycles. The summed E-state index contributed by atoms with van der Waals surface area (Å²) >= 11 is 0. The van der Waals surface area contributed by atoms with Crippen LogP contribution in [0.25, 0.3) is 17.1 Å². The van der Waals surface area contributed by atoms with Crippen molar-refractivity contribution in [3.05, 3.63) is 70.8 Å². The molecule has 0 unspecified atom stereocenters. The number of nitrogens with zero attached hydrogens (tertiary/aromatic N) is 7. The Morgan fingerprint density at radius 2 is 1.74 bits per heavy atom. The van der Waals surface area contributed by atoms with Gasteiger partial charge in [0.1, 0.15) is 12.0 Å². The molecule has 0 N–H and O–H groups in total. The lowest BCUT2D eigenvalue weighted by atomic mass is 10.1. The molecular weight excluding hydrogens is 407 g/mol. The van der Waals surface area contributed by atoms with Gasteiger partial charge < -0.3 is 0 Å². The van der Waals surface area contributed by atoms with Gasteiger partial charge in [0.2, 0.25) is 0 Å². The number of aromatic nitrogens is 7. The highest BCUT2D eigenvalue weighted by atomic mass is 19.4. The van der Waals surface area contributed by atoms with Crippen LogP contribution < -0.4 is 0 Å². The van der Waals surface area contributed by atoms with Crippen LogP contribution in [0, 0.1) is 20.8 Å². The molecule has 0 aliphatic carbocycles. The maximum Gasteiger partial charge on any atom is 0.433 e. The summed E-state index contributed by atoms with van der Waals surface area (Å²) in [5.41, 5.74) is 4.59. The average Bonchev–Trinajstić information content (AvgIpc) is 3.20. The summed E-state index contributed by atoms with van der Waals surface area (Å²) in [6, 6.07) is 6.19. The minimum atomic E-state index is -4.47. The first-order chi connectivity index (χ1) is 14.6. The van der Waals surface area contributed by atoms with Gasteiger partial charge in [0.15, 0.2) is 5.82 Å². The van der Waals surface area contributed by atoms with E-state index in [-0.39, 0.29) is 0 Å². The Kier molecular flexibility index (Phi) is 5.08. The van der Waals surface area contributed by atoms with E-state index in [1.165, 1.54) is 18.6 Å². The van der Waals surface area contributed by atoms with Crippen LogP contribution in [0.3, 0.4) is 0 Å². The SMILES string of the molecule is Cc1cc(C)n(-c2cc(Cc3c(C)c(-c4ccc(C(F)(F)F)nc4)nn3C)ncn2)n1. The fourth-order valence-electron chi connectivity index (χ4n) is 3.52. The first-order valence-corrected chi connectivity index (χ1v) is 9.54. The summed E-state index contributed by atoms with van der Waals surface area (Å²) in [6.07, 6.45) is -1.29. The Hall–Kier alpha value is -3.56. The summed E-state index contributed by atoms with van der Waals surface area (Å²) in [5, 5.41) is 8.95. The van der Waals surface area contributed by atoms with E-state index in [4.69, 9.17) is 0 Å². The summed E-state index contributed by atoms with van der Waals surface area (Å²) in [5.74, 6) is 0.669. The van der Waals surface area contributed by atoms with E-state index in [1.54, 1.807) is 16.4 Å². The predicted molar refractivity (Wildman–Crippen MR) is 108 cm³/mol.